The van der Waals surface area contributed by atoms with E-state index in [4.69, 9.17) is 4.74 Å². The van der Waals surface area contributed by atoms with Gasteiger partial charge in [-0.1, -0.05) is 57.4 Å². The molecule has 1 aromatic rings. The fourth-order valence-corrected chi connectivity index (χ4v) is 3.67. The molecule has 1 saturated carbocycles. The maximum atomic E-state index is 5.91. The van der Waals surface area contributed by atoms with Crippen LogP contribution >= 0.6 is 0 Å². The number of hydrogen-bond donors (Lipinski definition) is 1. The first-order valence-electron chi connectivity index (χ1n) is 8.47. The summed E-state index contributed by atoms with van der Waals surface area (Å²) < 4.78 is 5.91. The summed E-state index contributed by atoms with van der Waals surface area (Å²) >= 11 is 0. The van der Waals surface area contributed by atoms with Gasteiger partial charge in [-0.15, -0.1) is 0 Å². The molecular formula is C19H31NO. The fourth-order valence-electron chi connectivity index (χ4n) is 3.67. The minimum absolute atomic E-state index is 0.278. The SMILES string of the molecule is CNC(c1ccc(C(C)C)cc1)C(OC)C1CCCCC1. The quantitative estimate of drug-likeness (QED) is 0.822. The smallest absolute Gasteiger partial charge is 0.0793 e. The minimum Gasteiger partial charge on any atom is -0.379 e. The molecule has 1 fully saturated rings. The first kappa shape index (κ1) is 16.5. The molecule has 1 aromatic carbocycles. The summed E-state index contributed by atoms with van der Waals surface area (Å²) in [6, 6.07) is 9.35. The molecule has 2 nitrogen and oxygen atoms in total. The van der Waals surface area contributed by atoms with Gasteiger partial charge in [0.05, 0.1) is 12.1 Å². The van der Waals surface area contributed by atoms with E-state index in [9.17, 15) is 0 Å². The first-order valence-corrected chi connectivity index (χ1v) is 8.47. The summed E-state index contributed by atoms with van der Waals surface area (Å²) in [5.41, 5.74) is 2.75. The Hall–Kier alpha value is -0.860. The van der Waals surface area contributed by atoms with Gasteiger partial charge >= 0.3 is 0 Å². The molecule has 0 aliphatic heterocycles. The topological polar surface area (TPSA) is 21.3 Å². The van der Waals surface area contributed by atoms with Gasteiger partial charge in [-0.05, 0) is 42.9 Å². The number of hydrogen-bond acceptors (Lipinski definition) is 2. The van der Waals surface area contributed by atoms with Crippen LogP contribution in [0.5, 0.6) is 0 Å². The summed E-state index contributed by atoms with van der Waals surface area (Å²) in [5, 5.41) is 3.49. The molecule has 1 aliphatic carbocycles. The zero-order chi connectivity index (χ0) is 15.2. The highest BCUT2D eigenvalue weighted by molar-refractivity contribution is 5.27. The van der Waals surface area contributed by atoms with Crippen molar-refractivity contribution in [2.75, 3.05) is 14.2 Å². The molecule has 0 saturated heterocycles. The van der Waals surface area contributed by atoms with E-state index in [1.807, 2.05) is 7.11 Å². The van der Waals surface area contributed by atoms with Crippen LogP contribution < -0.4 is 5.32 Å². The number of methoxy groups -OCH3 is 1. The van der Waals surface area contributed by atoms with Crippen molar-refractivity contribution in [2.45, 2.75) is 64.0 Å². The van der Waals surface area contributed by atoms with Crippen molar-refractivity contribution in [3.8, 4) is 0 Å². The van der Waals surface area contributed by atoms with E-state index in [1.165, 1.54) is 43.2 Å². The van der Waals surface area contributed by atoms with Crippen molar-refractivity contribution in [2.24, 2.45) is 5.92 Å². The number of benzene rings is 1. The van der Waals surface area contributed by atoms with E-state index in [1.54, 1.807) is 0 Å². The Morgan fingerprint density at radius 1 is 1.00 bits per heavy atom. The molecule has 21 heavy (non-hydrogen) atoms. The zero-order valence-electron chi connectivity index (χ0n) is 14.1. The van der Waals surface area contributed by atoms with Crippen LogP contribution in [-0.4, -0.2) is 20.3 Å². The number of nitrogens with one attached hydrogen (secondary N) is 1. The predicted octanol–water partition coefficient (Wildman–Crippen LogP) is 4.67. The van der Waals surface area contributed by atoms with Crippen LogP contribution in [0.2, 0.25) is 0 Å². The molecule has 0 heterocycles. The molecule has 2 heteroatoms. The van der Waals surface area contributed by atoms with Crippen LogP contribution in [0.25, 0.3) is 0 Å². The molecule has 118 valence electrons. The zero-order valence-corrected chi connectivity index (χ0v) is 14.1. The molecule has 0 radical (unpaired) electrons. The van der Waals surface area contributed by atoms with Gasteiger partial charge in [0.2, 0.25) is 0 Å². The Morgan fingerprint density at radius 3 is 2.05 bits per heavy atom. The second-order valence-corrected chi connectivity index (χ2v) is 6.69. The van der Waals surface area contributed by atoms with Crippen molar-refractivity contribution < 1.29 is 4.74 Å². The normalized spacial score (nSPS) is 19.7. The van der Waals surface area contributed by atoms with Crippen molar-refractivity contribution in [1.29, 1.82) is 0 Å². The van der Waals surface area contributed by atoms with Gasteiger partial charge in [0.1, 0.15) is 0 Å². The summed E-state index contributed by atoms with van der Waals surface area (Å²) in [6.45, 7) is 4.48. The standard InChI is InChI=1S/C19H31NO/c1-14(2)15-10-12-16(13-11-15)18(20-3)19(21-4)17-8-6-5-7-9-17/h10-14,17-20H,5-9H2,1-4H3. The van der Waals surface area contributed by atoms with E-state index >= 15 is 0 Å². The van der Waals surface area contributed by atoms with Crippen molar-refractivity contribution >= 4 is 0 Å². The second-order valence-electron chi connectivity index (χ2n) is 6.69. The third-order valence-corrected chi connectivity index (χ3v) is 4.99. The molecule has 0 bridgehead atoms. The molecule has 0 aromatic heterocycles. The third-order valence-electron chi connectivity index (χ3n) is 4.99. The van der Waals surface area contributed by atoms with E-state index in [0.29, 0.717) is 17.9 Å². The highest BCUT2D eigenvalue weighted by Gasteiger charge is 2.30. The van der Waals surface area contributed by atoms with Gasteiger partial charge in [0.25, 0.3) is 0 Å². The molecular weight excluding hydrogens is 258 g/mol. The molecule has 2 rings (SSSR count). The van der Waals surface area contributed by atoms with Crippen LogP contribution in [0.3, 0.4) is 0 Å². The van der Waals surface area contributed by atoms with Gasteiger partial charge in [0.15, 0.2) is 0 Å². The Labute approximate surface area is 130 Å². The Balaban J connectivity index is 2.15. The van der Waals surface area contributed by atoms with Crippen molar-refractivity contribution in [3.63, 3.8) is 0 Å². The maximum absolute atomic E-state index is 5.91. The van der Waals surface area contributed by atoms with Gasteiger partial charge in [-0.2, -0.15) is 0 Å². The largest absolute Gasteiger partial charge is 0.379 e. The van der Waals surface area contributed by atoms with Crippen LogP contribution in [0.4, 0.5) is 0 Å². The predicted molar refractivity (Wildman–Crippen MR) is 89.7 cm³/mol. The highest BCUT2D eigenvalue weighted by atomic mass is 16.5. The van der Waals surface area contributed by atoms with Crippen LogP contribution in [0.15, 0.2) is 24.3 Å². The maximum Gasteiger partial charge on any atom is 0.0793 e. The fraction of sp³-hybridized carbons (Fsp3) is 0.684. The molecule has 0 spiro atoms. The molecule has 0 amide bonds. The molecule has 2 atom stereocenters. The van der Waals surface area contributed by atoms with E-state index < -0.39 is 0 Å². The summed E-state index contributed by atoms with van der Waals surface area (Å²) in [7, 11) is 3.92. The number of ether oxygens (including phenoxy) is 1. The van der Waals surface area contributed by atoms with Crippen molar-refractivity contribution in [3.05, 3.63) is 35.4 Å². The Morgan fingerprint density at radius 2 is 1.57 bits per heavy atom. The van der Waals surface area contributed by atoms with Gasteiger partial charge in [-0.3, -0.25) is 0 Å². The second kappa shape index (κ2) is 7.95. The molecule has 1 N–H and O–H groups in total. The lowest BCUT2D eigenvalue weighted by atomic mass is 9.80. The lowest BCUT2D eigenvalue weighted by molar-refractivity contribution is 0.00941. The molecule has 2 unspecified atom stereocenters. The van der Waals surface area contributed by atoms with Crippen molar-refractivity contribution in [1.82, 2.24) is 5.32 Å². The van der Waals surface area contributed by atoms with Crippen LogP contribution in [0, 0.1) is 5.92 Å². The van der Waals surface area contributed by atoms with E-state index in [0.717, 1.165) is 0 Å². The lowest BCUT2D eigenvalue weighted by Crippen LogP contribution is -2.37. The third kappa shape index (κ3) is 4.08. The van der Waals surface area contributed by atoms with Crippen LogP contribution in [0.1, 0.15) is 69.0 Å². The monoisotopic (exact) mass is 289 g/mol. The lowest BCUT2D eigenvalue weighted by Gasteiger charge is -2.35. The first-order chi connectivity index (χ1) is 10.2. The van der Waals surface area contributed by atoms with E-state index in [-0.39, 0.29) is 6.10 Å². The molecule has 1 aliphatic rings. The van der Waals surface area contributed by atoms with Gasteiger partial charge < -0.3 is 10.1 Å². The summed E-state index contributed by atoms with van der Waals surface area (Å²) in [4.78, 5) is 0. The van der Waals surface area contributed by atoms with Gasteiger partial charge in [-0.25, -0.2) is 0 Å². The Kier molecular flexibility index (Phi) is 6.25. The van der Waals surface area contributed by atoms with Crippen LogP contribution in [-0.2, 0) is 4.74 Å². The van der Waals surface area contributed by atoms with Gasteiger partial charge in [0, 0.05) is 7.11 Å². The summed E-state index contributed by atoms with van der Waals surface area (Å²) in [5.74, 6) is 1.27. The average molecular weight is 289 g/mol. The number of likely N-dealkylation sites (N-methyl/N-ethyl adjacent to an activating group) is 1. The minimum atomic E-state index is 0.278. The Bertz CT molecular complexity index is 406. The van der Waals surface area contributed by atoms with E-state index in [2.05, 4.69) is 50.5 Å². The number of rotatable bonds is 6. The summed E-state index contributed by atoms with van der Waals surface area (Å²) in [6.07, 6.45) is 6.99. The highest BCUT2D eigenvalue weighted by Crippen LogP contribution is 2.34. The average Bonchev–Trinajstić information content (AvgIpc) is 2.53.